The van der Waals surface area contributed by atoms with Crippen LogP contribution < -0.4 is 0 Å². The second-order valence-corrected chi connectivity index (χ2v) is 6.14. The van der Waals surface area contributed by atoms with Crippen LogP contribution >= 0.6 is 23.5 Å². The first-order chi connectivity index (χ1) is 5.10. The zero-order valence-corrected chi connectivity index (χ0v) is 9.59. The van der Waals surface area contributed by atoms with Crippen LogP contribution in [0, 0.1) is 0 Å². The molecule has 0 aliphatic carbocycles. The first-order valence-electron chi connectivity index (χ1n) is 3.23. The fourth-order valence-corrected chi connectivity index (χ4v) is 1.43. The van der Waals surface area contributed by atoms with Gasteiger partial charge >= 0.3 is 7.60 Å². The van der Waals surface area contributed by atoms with Crippen molar-refractivity contribution in [1.82, 2.24) is 0 Å². The van der Waals surface area contributed by atoms with Crippen molar-refractivity contribution in [2.24, 2.45) is 0 Å². The van der Waals surface area contributed by atoms with Gasteiger partial charge in [-0.05, 0) is 36.7 Å². The summed E-state index contributed by atoms with van der Waals surface area (Å²) in [4.78, 5) is 17.0. The first kappa shape index (κ1) is 12.2. The quantitative estimate of drug-likeness (QED) is 0.463. The van der Waals surface area contributed by atoms with Gasteiger partial charge in [-0.1, -0.05) is 0 Å². The lowest BCUT2D eigenvalue weighted by molar-refractivity contribution is 0.125. The molecule has 0 aliphatic rings. The van der Waals surface area contributed by atoms with Crippen molar-refractivity contribution in [3.8, 4) is 0 Å². The lowest BCUT2D eigenvalue weighted by Gasteiger charge is -2.19. The second-order valence-electron chi connectivity index (χ2n) is 2.79. The molecule has 6 heteroatoms. The molecule has 2 N–H and O–H groups in total. The van der Waals surface area contributed by atoms with Crippen molar-refractivity contribution in [2.45, 2.75) is 25.3 Å². The van der Waals surface area contributed by atoms with Crippen molar-refractivity contribution in [3.05, 3.63) is 11.6 Å². The van der Waals surface area contributed by atoms with Crippen molar-refractivity contribution >= 4 is 23.5 Å². The van der Waals surface area contributed by atoms with Gasteiger partial charge in [0, 0.05) is 0 Å². The van der Waals surface area contributed by atoms with Crippen molar-refractivity contribution in [3.63, 3.8) is 0 Å². The van der Waals surface area contributed by atoms with Crippen LogP contribution in [0.2, 0.25) is 0 Å². The van der Waals surface area contributed by atoms with E-state index in [0.717, 1.165) is 5.82 Å². The molecular formula is C6H12BrO4P. The number of halogens is 1. The Hall–Kier alpha value is 0.170. The Labute approximate surface area is 79.9 Å². The minimum absolute atomic E-state index is 0.199. The van der Waals surface area contributed by atoms with Gasteiger partial charge < -0.3 is 14.5 Å². The number of hydrogen-bond acceptors (Lipinski definition) is 2. The van der Waals surface area contributed by atoms with E-state index in [1.165, 1.54) is 6.92 Å². The molecule has 4 nitrogen and oxygen atoms in total. The molecule has 0 amide bonds. The van der Waals surface area contributed by atoms with Crippen molar-refractivity contribution in [2.75, 3.05) is 0 Å². The summed E-state index contributed by atoms with van der Waals surface area (Å²) in [6.07, 6.45) is 0. The maximum Gasteiger partial charge on any atom is 0.352 e. The maximum atomic E-state index is 10.5. The molecule has 0 unspecified atom stereocenters. The van der Waals surface area contributed by atoms with Crippen LogP contribution in [0.4, 0.5) is 0 Å². The van der Waals surface area contributed by atoms with Gasteiger partial charge in [-0.15, -0.1) is 0 Å². The molecule has 0 rings (SSSR count). The molecule has 0 saturated carbocycles. The molecular weight excluding hydrogens is 247 g/mol. The Morgan fingerprint density at radius 2 is 2.00 bits per heavy atom. The van der Waals surface area contributed by atoms with Crippen LogP contribution in [0.5, 0.6) is 0 Å². The van der Waals surface area contributed by atoms with Crippen LogP contribution in [0.15, 0.2) is 11.6 Å². The average molecular weight is 259 g/mol. The first-order valence-corrected chi connectivity index (χ1v) is 5.70. The van der Waals surface area contributed by atoms with E-state index >= 15 is 0 Å². The van der Waals surface area contributed by atoms with E-state index in [1.807, 2.05) is 0 Å². The lowest BCUT2D eigenvalue weighted by Crippen LogP contribution is -2.13. The third kappa shape index (κ3) is 8.27. The smallest absolute Gasteiger partial charge is 0.352 e. The molecule has 0 aromatic rings. The van der Waals surface area contributed by atoms with Gasteiger partial charge in [0.15, 0.2) is 4.51 Å². The number of ether oxygens (including phenoxy) is 1. The molecule has 0 spiro atoms. The maximum absolute atomic E-state index is 10.5. The topological polar surface area (TPSA) is 66.8 Å². The fraction of sp³-hybridized carbons (Fsp3) is 0.667. The summed E-state index contributed by atoms with van der Waals surface area (Å²) in [5, 5.41) is 0. The van der Waals surface area contributed by atoms with Gasteiger partial charge in [-0.25, -0.2) is 0 Å². The van der Waals surface area contributed by atoms with E-state index < -0.39 is 12.1 Å². The average Bonchev–Trinajstić information content (AvgIpc) is 1.49. The van der Waals surface area contributed by atoms with E-state index in [1.54, 1.807) is 13.8 Å². The second kappa shape index (κ2) is 3.92. The van der Waals surface area contributed by atoms with E-state index in [9.17, 15) is 4.57 Å². The Morgan fingerprint density at radius 3 is 2.25 bits per heavy atom. The standard InChI is InChI=1S/C6H12BrO4P/c1-5(4-12(8,9)10)11-6(2,3)7/h4H,1-3H3,(H2,8,9,10)/b5-4+. The van der Waals surface area contributed by atoms with Crippen molar-refractivity contribution < 1.29 is 19.1 Å². The zero-order valence-electron chi connectivity index (χ0n) is 7.11. The van der Waals surface area contributed by atoms with E-state index in [-0.39, 0.29) is 5.76 Å². The SMILES string of the molecule is C/C(=C\P(=O)(O)O)OC(C)(C)Br. The van der Waals surface area contributed by atoms with Crippen molar-refractivity contribution in [1.29, 1.82) is 0 Å². The molecule has 0 atom stereocenters. The molecule has 0 bridgehead atoms. The third-order valence-corrected chi connectivity index (χ3v) is 1.62. The van der Waals surface area contributed by atoms with Gasteiger partial charge in [0.2, 0.25) is 0 Å². The molecule has 12 heavy (non-hydrogen) atoms. The van der Waals surface area contributed by atoms with E-state index in [4.69, 9.17) is 14.5 Å². The molecule has 0 aliphatic heterocycles. The Morgan fingerprint density at radius 1 is 1.58 bits per heavy atom. The summed E-state index contributed by atoms with van der Waals surface area (Å²) in [5.74, 6) is 0.987. The summed E-state index contributed by atoms with van der Waals surface area (Å²) >= 11 is 3.17. The van der Waals surface area contributed by atoms with Crippen LogP contribution in [0.25, 0.3) is 0 Å². The zero-order chi connectivity index (χ0) is 9.99. The summed E-state index contributed by atoms with van der Waals surface area (Å²) in [6, 6.07) is 0. The normalized spacial score (nSPS) is 14.7. The molecule has 0 aromatic heterocycles. The summed E-state index contributed by atoms with van der Waals surface area (Å²) in [5.41, 5.74) is 0. The summed E-state index contributed by atoms with van der Waals surface area (Å²) < 4.78 is 14.9. The number of hydrogen-bond donors (Lipinski definition) is 2. The Kier molecular flexibility index (Phi) is 3.97. The number of allylic oxidation sites excluding steroid dienone is 1. The molecule has 0 saturated heterocycles. The fourth-order valence-electron chi connectivity index (χ4n) is 0.646. The van der Waals surface area contributed by atoms with Gasteiger partial charge in [0.05, 0.1) is 5.82 Å². The summed E-state index contributed by atoms with van der Waals surface area (Å²) in [7, 11) is -4.12. The molecule has 0 fully saturated rings. The Bertz CT molecular complexity index is 224. The minimum Gasteiger partial charge on any atom is -0.481 e. The third-order valence-electron chi connectivity index (χ3n) is 0.754. The molecule has 0 aromatic carbocycles. The highest BCUT2D eigenvalue weighted by Gasteiger charge is 2.16. The van der Waals surface area contributed by atoms with Crippen LogP contribution in [0.3, 0.4) is 0 Å². The van der Waals surface area contributed by atoms with Gasteiger partial charge in [0.25, 0.3) is 0 Å². The van der Waals surface area contributed by atoms with Crippen LogP contribution in [-0.2, 0) is 9.30 Å². The molecule has 0 radical (unpaired) electrons. The van der Waals surface area contributed by atoms with Gasteiger partial charge in [0.1, 0.15) is 5.76 Å². The van der Waals surface area contributed by atoms with E-state index in [0.29, 0.717) is 0 Å². The Balaban J connectivity index is 4.33. The highest BCUT2D eigenvalue weighted by molar-refractivity contribution is 9.10. The largest absolute Gasteiger partial charge is 0.481 e. The molecule has 72 valence electrons. The number of alkyl halides is 1. The highest BCUT2D eigenvalue weighted by Crippen LogP contribution is 2.38. The molecule has 0 heterocycles. The van der Waals surface area contributed by atoms with Gasteiger partial charge in [-0.2, -0.15) is 0 Å². The predicted octanol–water partition coefficient (Wildman–Crippen LogP) is 2.17. The van der Waals surface area contributed by atoms with E-state index in [2.05, 4.69) is 15.9 Å². The monoisotopic (exact) mass is 258 g/mol. The predicted molar refractivity (Wildman–Crippen MR) is 49.9 cm³/mol. The van der Waals surface area contributed by atoms with Crippen LogP contribution in [0.1, 0.15) is 20.8 Å². The van der Waals surface area contributed by atoms with Crippen LogP contribution in [-0.4, -0.2) is 14.3 Å². The highest BCUT2D eigenvalue weighted by atomic mass is 79.9. The minimum atomic E-state index is -4.12. The lowest BCUT2D eigenvalue weighted by atomic mass is 10.5. The number of rotatable bonds is 3. The summed E-state index contributed by atoms with van der Waals surface area (Å²) in [6.45, 7) is 4.94. The van der Waals surface area contributed by atoms with Gasteiger partial charge in [-0.3, -0.25) is 4.57 Å².